The van der Waals surface area contributed by atoms with Crippen molar-refractivity contribution in [1.29, 1.82) is 0 Å². The first kappa shape index (κ1) is 12.5. The highest BCUT2D eigenvalue weighted by Crippen LogP contribution is 2.08. The lowest BCUT2D eigenvalue weighted by atomic mass is 10.1. The predicted molar refractivity (Wildman–Crippen MR) is 59.7 cm³/mol. The van der Waals surface area contributed by atoms with Crippen LogP contribution in [-0.4, -0.2) is 24.5 Å². The molecule has 0 heterocycles. The third-order valence-electron chi connectivity index (χ3n) is 2.57. The summed E-state index contributed by atoms with van der Waals surface area (Å²) in [5, 5.41) is 0. The van der Waals surface area contributed by atoms with Gasteiger partial charge >= 0.3 is 0 Å². The molecule has 0 aromatic heterocycles. The first-order chi connectivity index (χ1) is 6.22. The highest BCUT2D eigenvalue weighted by Gasteiger charge is 2.06. The van der Waals surface area contributed by atoms with E-state index in [4.69, 9.17) is 6.42 Å². The van der Waals surface area contributed by atoms with Crippen molar-refractivity contribution < 1.29 is 0 Å². The normalized spacial score (nSPS) is 12.8. The van der Waals surface area contributed by atoms with Gasteiger partial charge in [0.1, 0.15) is 0 Å². The van der Waals surface area contributed by atoms with Crippen molar-refractivity contribution in [2.45, 2.75) is 52.0 Å². The van der Waals surface area contributed by atoms with Crippen LogP contribution in [0.4, 0.5) is 0 Å². The number of terminal acetylenes is 1. The molecular formula is C12H23N. The molecule has 0 aliphatic rings. The van der Waals surface area contributed by atoms with E-state index in [1.54, 1.807) is 0 Å². The Bertz CT molecular complexity index is 146. The van der Waals surface area contributed by atoms with Gasteiger partial charge in [0.25, 0.3) is 0 Å². The Hall–Kier alpha value is -0.480. The van der Waals surface area contributed by atoms with Crippen molar-refractivity contribution in [2.24, 2.45) is 0 Å². The molecule has 0 aliphatic carbocycles. The topological polar surface area (TPSA) is 3.24 Å². The molecule has 1 atom stereocenters. The van der Waals surface area contributed by atoms with Gasteiger partial charge in [0, 0.05) is 6.04 Å². The van der Waals surface area contributed by atoms with Gasteiger partial charge in [-0.1, -0.05) is 38.5 Å². The fourth-order valence-corrected chi connectivity index (χ4v) is 1.39. The lowest BCUT2D eigenvalue weighted by Gasteiger charge is -2.22. The van der Waals surface area contributed by atoms with E-state index in [1.807, 2.05) is 0 Å². The summed E-state index contributed by atoms with van der Waals surface area (Å²) in [5.41, 5.74) is 0. The van der Waals surface area contributed by atoms with Gasteiger partial charge in [-0.15, -0.1) is 6.42 Å². The molecule has 0 aromatic rings. The largest absolute Gasteiger partial charge is 0.293 e. The minimum Gasteiger partial charge on any atom is -0.293 e. The van der Waals surface area contributed by atoms with Crippen molar-refractivity contribution >= 4 is 0 Å². The van der Waals surface area contributed by atoms with Crippen LogP contribution in [0.1, 0.15) is 46.0 Å². The van der Waals surface area contributed by atoms with Crippen LogP contribution in [0.5, 0.6) is 0 Å². The van der Waals surface area contributed by atoms with Gasteiger partial charge in [-0.3, -0.25) is 4.90 Å². The zero-order valence-corrected chi connectivity index (χ0v) is 9.34. The van der Waals surface area contributed by atoms with Gasteiger partial charge in [0.2, 0.25) is 0 Å². The van der Waals surface area contributed by atoms with E-state index >= 15 is 0 Å². The Kier molecular flexibility index (Phi) is 7.83. The van der Waals surface area contributed by atoms with E-state index in [0.717, 1.165) is 6.54 Å². The average Bonchev–Trinajstić information content (AvgIpc) is 2.12. The molecule has 0 bridgehead atoms. The molecule has 0 rings (SSSR count). The standard InChI is InChI=1S/C12H23N/c1-5-7-8-9-10-12(3)13(4)11-6-2/h2,12H,5,7-11H2,1,3-4H3/t12-/m1/s1. The summed E-state index contributed by atoms with van der Waals surface area (Å²) in [6, 6.07) is 0.632. The predicted octanol–water partition coefficient (Wildman–Crippen LogP) is 2.91. The summed E-state index contributed by atoms with van der Waals surface area (Å²) in [6.45, 7) is 5.27. The quantitative estimate of drug-likeness (QED) is 0.431. The first-order valence-electron chi connectivity index (χ1n) is 5.36. The molecule has 0 aromatic carbocycles. The van der Waals surface area contributed by atoms with E-state index in [1.165, 1.54) is 32.1 Å². The van der Waals surface area contributed by atoms with Gasteiger partial charge in [-0.25, -0.2) is 0 Å². The molecule has 0 amide bonds. The number of hydrogen-bond acceptors (Lipinski definition) is 1. The molecule has 0 fully saturated rings. The Labute approximate surface area is 83.5 Å². The maximum absolute atomic E-state index is 5.25. The van der Waals surface area contributed by atoms with Gasteiger partial charge in [0.15, 0.2) is 0 Å². The SMILES string of the molecule is C#CCN(C)[C@H](C)CCCCCC. The van der Waals surface area contributed by atoms with Gasteiger partial charge < -0.3 is 0 Å². The lowest BCUT2D eigenvalue weighted by Crippen LogP contribution is -2.29. The maximum Gasteiger partial charge on any atom is 0.0598 e. The molecule has 0 saturated heterocycles. The van der Waals surface area contributed by atoms with Crippen molar-refractivity contribution in [1.82, 2.24) is 4.90 Å². The smallest absolute Gasteiger partial charge is 0.0598 e. The van der Waals surface area contributed by atoms with Crippen molar-refractivity contribution in [3.05, 3.63) is 0 Å². The number of hydrogen-bond donors (Lipinski definition) is 0. The summed E-state index contributed by atoms with van der Waals surface area (Å²) in [5.74, 6) is 2.68. The summed E-state index contributed by atoms with van der Waals surface area (Å²) in [7, 11) is 2.10. The molecule has 0 spiro atoms. The minimum absolute atomic E-state index is 0.632. The van der Waals surface area contributed by atoms with Crippen LogP contribution >= 0.6 is 0 Å². The molecule has 0 saturated carbocycles. The van der Waals surface area contributed by atoms with Crippen molar-refractivity contribution in [3.8, 4) is 12.3 Å². The average molecular weight is 181 g/mol. The van der Waals surface area contributed by atoms with E-state index in [2.05, 4.69) is 31.7 Å². The fourth-order valence-electron chi connectivity index (χ4n) is 1.39. The summed E-state index contributed by atoms with van der Waals surface area (Å²) in [4.78, 5) is 2.24. The number of nitrogens with zero attached hydrogens (tertiary/aromatic N) is 1. The van der Waals surface area contributed by atoms with E-state index in [9.17, 15) is 0 Å². The van der Waals surface area contributed by atoms with Crippen LogP contribution < -0.4 is 0 Å². The zero-order valence-electron chi connectivity index (χ0n) is 9.34. The minimum atomic E-state index is 0.632. The van der Waals surface area contributed by atoms with E-state index in [-0.39, 0.29) is 0 Å². The molecule has 1 heteroatoms. The molecule has 0 N–H and O–H groups in total. The highest BCUT2D eigenvalue weighted by atomic mass is 15.1. The Morgan fingerprint density at radius 1 is 1.31 bits per heavy atom. The summed E-state index contributed by atoms with van der Waals surface area (Å²) < 4.78 is 0. The molecule has 0 aliphatic heterocycles. The van der Waals surface area contributed by atoms with E-state index in [0.29, 0.717) is 6.04 Å². The zero-order chi connectivity index (χ0) is 10.1. The third kappa shape index (κ3) is 6.66. The Balaban J connectivity index is 3.39. The van der Waals surface area contributed by atoms with Crippen molar-refractivity contribution in [2.75, 3.05) is 13.6 Å². The van der Waals surface area contributed by atoms with Crippen LogP contribution in [0.25, 0.3) is 0 Å². The Morgan fingerprint density at radius 3 is 2.54 bits per heavy atom. The van der Waals surface area contributed by atoms with Gasteiger partial charge in [0.05, 0.1) is 6.54 Å². The highest BCUT2D eigenvalue weighted by molar-refractivity contribution is 4.88. The summed E-state index contributed by atoms with van der Waals surface area (Å²) >= 11 is 0. The van der Waals surface area contributed by atoms with E-state index < -0.39 is 0 Å². The molecule has 76 valence electrons. The first-order valence-corrected chi connectivity index (χ1v) is 5.36. The molecule has 0 radical (unpaired) electrons. The van der Waals surface area contributed by atoms with Gasteiger partial charge in [-0.2, -0.15) is 0 Å². The monoisotopic (exact) mass is 181 g/mol. The third-order valence-corrected chi connectivity index (χ3v) is 2.57. The van der Waals surface area contributed by atoms with Gasteiger partial charge in [-0.05, 0) is 20.4 Å². The number of rotatable bonds is 7. The van der Waals surface area contributed by atoms with Crippen molar-refractivity contribution in [3.63, 3.8) is 0 Å². The molecular weight excluding hydrogens is 158 g/mol. The second kappa shape index (κ2) is 8.13. The van der Waals surface area contributed by atoms with Crippen LogP contribution in [0.3, 0.4) is 0 Å². The maximum atomic E-state index is 5.25. The molecule has 0 unspecified atom stereocenters. The summed E-state index contributed by atoms with van der Waals surface area (Å²) in [6.07, 6.45) is 11.9. The van der Waals surface area contributed by atoms with Crippen LogP contribution in [0, 0.1) is 12.3 Å². The van der Waals surface area contributed by atoms with Crippen LogP contribution in [0.2, 0.25) is 0 Å². The second-order valence-electron chi connectivity index (χ2n) is 3.82. The second-order valence-corrected chi connectivity index (χ2v) is 3.82. The van der Waals surface area contributed by atoms with Crippen LogP contribution in [-0.2, 0) is 0 Å². The molecule has 1 nitrogen and oxygen atoms in total. The molecule has 13 heavy (non-hydrogen) atoms. The fraction of sp³-hybridized carbons (Fsp3) is 0.833. The lowest BCUT2D eigenvalue weighted by molar-refractivity contribution is 0.269. The van der Waals surface area contributed by atoms with Crippen LogP contribution in [0.15, 0.2) is 0 Å². The Morgan fingerprint density at radius 2 is 2.00 bits per heavy atom. The number of unbranched alkanes of at least 4 members (excludes halogenated alkanes) is 3.